The molecule has 138 valence electrons. The minimum absolute atomic E-state index is 0.211. The molecule has 0 aromatic rings. The predicted molar refractivity (Wildman–Crippen MR) is 110 cm³/mol. The van der Waals surface area contributed by atoms with Crippen molar-refractivity contribution < 1.29 is 9.90 Å². The van der Waals surface area contributed by atoms with Crippen LogP contribution in [0.5, 0.6) is 0 Å². The van der Waals surface area contributed by atoms with Gasteiger partial charge in [-0.15, -0.1) is 0 Å². The minimum Gasteiger partial charge on any atom is -0.481 e. The molecule has 0 fully saturated rings. The number of hydrogen-bond donors (Lipinski definition) is 1. The van der Waals surface area contributed by atoms with Crippen LogP contribution in [0.2, 0.25) is 0 Å². The molecule has 0 aliphatic rings. The largest absolute Gasteiger partial charge is 0.481 e. The molecule has 25 heavy (non-hydrogen) atoms. The molecule has 0 unspecified atom stereocenters. The first-order chi connectivity index (χ1) is 12.3. The van der Waals surface area contributed by atoms with Crippen molar-refractivity contribution in [1.82, 2.24) is 0 Å². The summed E-state index contributed by atoms with van der Waals surface area (Å²) >= 11 is 0. The molecule has 0 aliphatic heterocycles. The molecule has 0 spiro atoms. The van der Waals surface area contributed by atoms with E-state index in [9.17, 15) is 4.79 Å². The van der Waals surface area contributed by atoms with E-state index in [4.69, 9.17) is 5.11 Å². The molecule has 0 radical (unpaired) electrons. The smallest absolute Gasteiger partial charge is 0.303 e. The molecule has 0 bridgehead atoms. The highest BCUT2D eigenvalue weighted by Crippen LogP contribution is 1.97. The number of carboxylic acid groups (broad SMARTS) is 1. The SMILES string of the molecule is CCC/C=C\C/C=C/C/C=C/C/C=C/C/C=C/C/C=C/CCC(=O)O. The third kappa shape index (κ3) is 21.9. The van der Waals surface area contributed by atoms with Crippen LogP contribution in [0.3, 0.4) is 0 Å². The molecular formula is C23H34O2. The summed E-state index contributed by atoms with van der Waals surface area (Å²) in [6.07, 6.45) is 33.9. The molecule has 1 N–H and O–H groups in total. The average molecular weight is 343 g/mol. The van der Waals surface area contributed by atoms with Crippen LogP contribution < -0.4 is 0 Å². The molecule has 2 heteroatoms. The highest BCUT2D eigenvalue weighted by molar-refractivity contribution is 5.66. The number of allylic oxidation sites excluding steroid dienone is 12. The van der Waals surface area contributed by atoms with Crippen molar-refractivity contribution in [1.29, 1.82) is 0 Å². The van der Waals surface area contributed by atoms with Gasteiger partial charge >= 0.3 is 5.97 Å². The van der Waals surface area contributed by atoms with Crippen LogP contribution in [0, 0.1) is 0 Å². The second-order valence-corrected chi connectivity index (χ2v) is 5.73. The highest BCUT2D eigenvalue weighted by Gasteiger charge is 1.90. The van der Waals surface area contributed by atoms with Crippen LogP contribution in [-0.2, 0) is 4.79 Å². The van der Waals surface area contributed by atoms with Crippen molar-refractivity contribution >= 4 is 5.97 Å². The van der Waals surface area contributed by atoms with Gasteiger partial charge in [-0.3, -0.25) is 4.79 Å². The minimum atomic E-state index is -0.741. The standard InChI is InChI=1S/C23H34O2/c1-2-3-4-5-6-7-8-9-10-11-12-13-14-15-16-17-18-19-20-21-22-23(24)25/h4-5,7-8,10-11,13-14,16-17,19-20H,2-3,6,9,12,15,18,21-22H2,1H3,(H,24,25)/b5-4-,8-7+,11-10+,14-13+,17-16+,20-19+. The Morgan fingerprint density at radius 3 is 1.24 bits per heavy atom. The number of unbranched alkanes of at least 4 members (excludes halogenated alkanes) is 1. The van der Waals surface area contributed by atoms with Gasteiger partial charge in [-0.1, -0.05) is 86.3 Å². The lowest BCUT2D eigenvalue weighted by Crippen LogP contribution is -1.91. The summed E-state index contributed by atoms with van der Waals surface area (Å²) in [5.41, 5.74) is 0. The molecule has 0 aromatic heterocycles. The molecule has 2 nitrogen and oxygen atoms in total. The number of aliphatic carboxylic acids is 1. The fourth-order valence-electron chi connectivity index (χ4n) is 1.96. The van der Waals surface area contributed by atoms with Crippen LogP contribution >= 0.6 is 0 Å². The normalized spacial score (nSPS) is 13.0. The van der Waals surface area contributed by atoms with E-state index in [1.165, 1.54) is 12.8 Å². The van der Waals surface area contributed by atoms with Crippen molar-refractivity contribution in [2.24, 2.45) is 0 Å². The maximum Gasteiger partial charge on any atom is 0.303 e. The van der Waals surface area contributed by atoms with Crippen LogP contribution in [0.1, 0.15) is 64.7 Å². The first kappa shape index (κ1) is 22.9. The van der Waals surface area contributed by atoms with Gasteiger partial charge in [0.05, 0.1) is 0 Å². The third-order valence-electron chi connectivity index (χ3n) is 3.34. The van der Waals surface area contributed by atoms with Crippen LogP contribution in [0.4, 0.5) is 0 Å². The quantitative estimate of drug-likeness (QED) is 0.327. The first-order valence-electron chi connectivity index (χ1n) is 9.39. The van der Waals surface area contributed by atoms with E-state index in [0.29, 0.717) is 6.42 Å². The van der Waals surface area contributed by atoms with E-state index in [-0.39, 0.29) is 6.42 Å². The monoisotopic (exact) mass is 342 g/mol. The molecule has 0 aromatic carbocycles. The third-order valence-corrected chi connectivity index (χ3v) is 3.34. The van der Waals surface area contributed by atoms with Gasteiger partial charge in [0.15, 0.2) is 0 Å². The van der Waals surface area contributed by atoms with Crippen LogP contribution in [0.25, 0.3) is 0 Å². The Labute approximate surface area is 154 Å². The van der Waals surface area contributed by atoms with Crippen molar-refractivity contribution in [3.05, 3.63) is 72.9 Å². The zero-order valence-electron chi connectivity index (χ0n) is 15.6. The summed E-state index contributed by atoms with van der Waals surface area (Å²) < 4.78 is 0. The molecular weight excluding hydrogens is 308 g/mol. The summed E-state index contributed by atoms with van der Waals surface area (Å²) in [5.74, 6) is -0.741. The number of carboxylic acids is 1. The zero-order valence-corrected chi connectivity index (χ0v) is 15.6. The topological polar surface area (TPSA) is 37.3 Å². The van der Waals surface area contributed by atoms with E-state index in [2.05, 4.69) is 67.7 Å². The van der Waals surface area contributed by atoms with Crippen molar-refractivity contribution in [2.45, 2.75) is 64.7 Å². The number of hydrogen-bond acceptors (Lipinski definition) is 1. The molecule has 0 rings (SSSR count). The Balaban J connectivity index is 3.51. The van der Waals surface area contributed by atoms with Crippen molar-refractivity contribution in [3.8, 4) is 0 Å². The zero-order chi connectivity index (χ0) is 18.4. The van der Waals surface area contributed by atoms with E-state index in [0.717, 1.165) is 32.1 Å². The molecule has 0 atom stereocenters. The molecule has 0 saturated carbocycles. The fraction of sp³-hybridized carbons (Fsp3) is 0.435. The number of rotatable bonds is 15. The molecule has 0 aliphatic carbocycles. The van der Waals surface area contributed by atoms with Gasteiger partial charge in [-0.2, -0.15) is 0 Å². The van der Waals surface area contributed by atoms with Crippen LogP contribution in [-0.4, -0.2) is 11.1 Å². The average Bonchev–Trinajstić information content (AvgIpc) is 2.60. The maximum absolute atomic E-state index is 10.3. The summed E-state index contributed by atoms with van der Waals surface area (Å²) in [5, 5.41) is 8.50. The van der Waals surface area contributed by atoms with Crippen molar-refractivity contribution in [2.75, 3.05) is 0 Å². The Morgan fingerprint density at radius 2 is 0.920 bits per heavy atom. The molecule has 0 amide bonds. The van der Waals surface area contributed by atoms with Gasteiger partial charge in [0.25, 0.3) is 0 Å². The Hall–Kier alpha value is -2.09. The number of carbonyl (C=O) groups is 1. The van der Waals surface area contributed by atoms with E-state index < -0.39 is 5.97 Å². The second-order valence-electron chi connectivity index (χ2n) is 5.73. The molecule has 0 heterocycles. The second kappa shape index (κ2) is 20.0. The highest BCUT2D eigenvalue weighted by atomic mass is 16.4. The lowest BCUT2D eigenvalue weighted by molar-refractivity contribution is -0.136. The van der Waals surface area contributed by atoms with E-state index >= 15 is 0 Å². The Morgan fingerprint density at radius 1 is 0.600 bits per heavy atom. The van der Waals surface area contributed by atoms with Gasteiger partial charge < -0.3 is 5.11 Å². The van der Waals surface area contributed by atoms with Gasteiger partial charge in [-0.25, -0.2) is 0 Å². The summed E-state index contributed by atoms with van der Waals surface area (Å²) in [6.45, 7) is 2.20. The van der Waals surface area contributed by atoms with Gasteiger partial charge in [0, 0.05) is 6.42 Å². The summed E-state index contributed by atoms with van der Waals surface area (Å²) in [6, 6.07) is 0. The van der Waals surface area contributed by atoms with Gasteiger partial charge in [0.1, 0.15) is 0 Å². The van der Waals surface area contributed by atoms with E-state index in [1.54, 1.807) is 0 Å². The Bertz CT molecular complexity index is 476. The summed E-state index contributed by atoms with van der Waals surface area (Å²) in [7, 11) is 0. The van der Waals surface area contributed by atoms with Gasteiger partial charge in [-0.05, 0) is 44.9 Å². The van der Waals surface area contributed by atoms with E-state index in [1.807, 2.05) is 12.2 Å². The summed E-state index contributed by atoms with van der Waals surface area (Å²) in [4.78, 5) is 10.3. The fourth-order valence-corrected chi connectivity index (χ4v) is 1.96. The van der Waals surface area contributed by atoms with Crippen molar-refractivity contribution in [3.63, 3.8) is 0 Å². The Kier molecular flexibility index (Phi) is 18.3. The van der Waals surface area contributed by atoms with Crippen LogP contribution in [0.15, 0.2) is 72.9 Å². The lowest BCUT2D eigenvalue weighted by Gasteiger charge is -1.87. The van der Waals surface area contributed by atoms with Gasteiger partial charge in [0.2, 0.25) is 0 Å². The molecule has 0 saturated heterocycles. The first-order valence-corrected chi connectivity index (χ1v) is 9.39. The predicted octanol–water partition coefficient (Wildman–Crippen LogP) is 6.94. The lowest BCUT2D eigenvalue weighted by atomic mass is 10.2. The maximum atomic E-state index is 10.3.